The van der Waals surface area contributed by atoms with Gasteiger partial charge in [0.2, 0.25) is 11.8 Å². The van der Waals surface area contributed by atoms with Crippen LogP contribution in [0.1, 0.15) is 19.8 Å². The van der Waals surface area contributed by atoms with Crippen LogP contribution in [-0.2, 0) is 9.59 Å². The van der Waals surface area contributed by atoms with Gasteiger partial charge < -0.3 is 5.32 Å². The molecule has 7 heteroatoms. The Kier molecular flexibility index (Phi) is 6.40. The number of para-hydroxylation sites is 2. The number of benzene rings is 2. The lowest BCUT2D eigenvalue weighted by Gasteiger charge is -2.32. The largest absolute Gasteiger partial charge is 0.326 e. The molecule has 1 saturated heterocycles. The fourth-order valence-electron chi connectivity index (χ4n) is 3.85. The van der Waals surface area contributed by atoms with Gasteiger partial charge in [0.05, 0.1) is 22.7 Å². The molecule has 2 heterocycles. The Morgan fingerprint density at radius 1 is 1.17 bits per heavy atom. The molecule has 1 aromatic heterocycles. The number of amides is 2. The number of likely N-dealkylation sites (N-methyl/N-ethyl adjacent to an activating group) is 1. The van der Waals surface area contributed by atoms with E-state index in [0.29, 0.717) is 19.6 Å². The Balaban J connectivity index is 1.38. The number of rotatable bonds is 6. The molecule has 0 radical (unpaired) electrons. The lowest BCUT2D eigenvalue weighted by Crippen LogP contribution is -2.46. The molecule has 0 bridgehead atoms. The zero-order valence-corrected chi connectivity index (χ0v) is 17.9. The second kappa shape index (κ2) is 9.36. The van der Waals surface area contributed by atoms with Gasteiger partial charge in [-0.05, 0) is 50.6 Å². The SMILES string of the molecule is CCN(C(=O)CN1CCC[C@@H](C(=O)Nc2ccccc2)C1)c1nc2ccccc2s1. The first-order chi connectivity index (χ1) is 14.6. The first kappa shape index (κ1) is 20.5. The molecular formula is C23H26N4O2S. The van der Waals surface area contributed by atoms with E-state index >= 15 is 0 Å². The van der Waals surface area contributed by atoms with E-state index in [0.717, 1.165) is 40.4 Å². The number of hydrogen-bond donors (Lipinski definition) is 1. The molecule has 156 valence electrons. The van der Waals surface area contributed by atoms with E-state index in [1.807, 2.05) is 61.5 Å². The lowest BCUT2D eigenvalue weighted by atomic mass is 9.97. The van der Waals surface area contributed by atoms with E-state index in [-0.39, 0.29) is 17.7 Å². The second-order valence-electron chi connectivity index (χ2n) is 7.53. The molecule has 30 heavy (non-hydrogen) atoms. The molecule has 1 atom stereocenters. The lowest BCUT2D eigenvalue weighted by molar-refractivity contribution is -0.124. The molecule has 1 aliphatic rings. The molecule has 2 aromatic carbocycles. The number of anilines is 2. The predicted molar refractivity (Wildman–Crippen MR) is 122 cm³/mol. The third-order valence-electron chi connectivity index (χ3n) is 5.41. The molecule has 0 saturated carbocycles. The number of aromatic nitrogens is 1. The third kappa shape index (κ3) is 4.68. The van der Waals surface area contributed by atoms with Crippen LogP contribution >= 0.6 is 11.3 Å². The van der Waals surface area contributed by atoms with E-state index in [1.165, 1.54) is 11.3 Å². The Morgan fingerprint density at radius 2 is 1.93 bits per heavy atom. The molecule has 0 aliphatic carbocycles. The minimum atomic E-state index is -0.107. The maximum atomic E-state index is 13.0. The van der Waals surface area contributed by atoms with Crippen LogP contribution in [0.25, 0.3) is 10.2 Å². The molecule has 0 unspecified atom stereocenters. The highest BCUT2D eigenvalue weighted by molar-refractivity contribution is 7.22. The van der Waals surface area contributed by atoms with Crippen LogP contribution < -0.4 is 10.2 Å². The highest BCUT2D eigenvalue weighted by Gasteiger charge is 2.28. The van der Waals surface area contributed by atoms with Gasteiger partial charge in [-0.2, -0.15) is 0 Å². The second-order valence-corrected chi connectivity index (χ2v) is 8.54. The molecule has 1 aliphatic heterocycles. The van der Waals surface area contributed by atoms with E-state index in [9.17, 15) is 9.59 Å². The fourth-order valence-corrected chi connectivity index (χ4v) is 4.90. The summed E-state index contributed by atoms with van der Waals surface area (Å²) in [6, 6.07) is 17.4. The normalized spacial score (nSPS) is 17.0. The van der Waals surface area contributed by atoms with Crippen LogP contribution in [0, 0.1) is 5.92 Å². The Hall–Kier alpha value is -2.77. The maximum Gasteiger partial charge on any atom is 0.242 e. The smallest absolute Gasteiger partial charge is 0.242 e. The average molecular weight is 423 g/mol. The first-order valence-corrected chi connectivity index (χ1v) is 11.2. The van der Waals surface area contributed by atoms with Crippen molar-refractivity contribution in [2.45, 2.75) is 19.8 Å². The van der Waals surface area contributed by atoms with Crippen molar-refractivity contribution >= 4 is 44.2 Å². The van der Waals surface area contributed by atoms with Gasteiger partial charge in [0.1, 0.15) is 0 Å². The Morgan fingerprint density at radius 3 is 2.70 bits per heavy atom. The Bertz CT molecular complexity index is 987. The molecule has 1 fully saturated rings. The number of nitrogens with one attached hydrogen (secondary N) is 1. The van der Waals surface area contributed by atoms with Gasteiger partial charge in [-0.3, -0.25) is 19.4 Å². The number of nitrogens with zero attached hydrogens (tertiary/aromatic N) is 3. The summed E-state index contributed by atoms with van der Waals surface area (Å²) < 4.78 is 1.08. The molecule has 3 aromatic rings. The van der Waals surface area contributed by atoms with Crippen molar-refractivity contribution in [2.75, 3.05) is 36.4 Å². The van der Waals surface area contributed by atoms with Gasteiger partial charge in [-0.15, -0.1) is 0 Å². The van der Waals surface area contributed by atoms with Gasteiger partial charge >= 0.3 is 0 Å². The summed E-state index contributed by atoms with van der Waals surface area (Å²) in [6.07, 6.45) is 1.76. The van der Waals surface area contributed by atoms with Gasteiger partial charge in [0.25, 0.3) is 0 Å². The summed E-state index contributed by atoms with van der Waals surface area (Å²) in [5.41, 5.74) is 1.73. The summed E-state index contributed by atoms with van der Waals surface area (Å²) in [7, 11) is 0. The maximum absolute atomic E-state index is 13.0. The van der Waals surface area contributed by atoms with Crippen LogP contribution in [0.2, 0.25) is 0 Å². The van der Waals surface area contributed by atoms with Crippen molar-refractivity contribution < 1.29 is 9.59 Å². The summed E-state index contributed by atoms with van der Waals surface area (Å²) in [5.74, 6) is -0.0539. The van der Waals surface area contributed by atoms with E-state index < -0.39 is 0 Å². The highest BCUT2D eigenvalue weighted by atomic mass is 32.1. The first-order valence-electron chi connectivity index (χ1n) is 10.4. The standard InChI is InChI=1S/C23H26N4O2S/c1-2-27(23-25-19-12-6-7-13-20(19)30-23)21(28)16-26-14-8-9-17(15-26)22(29)24-18-10-4-3-5-11-18/h3-7,10-13,17H,2,8-9,14-16H2,1H3,(H,24,29)/t17-/m1/s1. The molecule has 0 spiro atoms. The minimum absolute atomic E-state index is 0.0249. The summed E-state index contributed by atoms with van der Waals surface area (Å²) in [6.45, 7) is 4.28. The van der Waals surface area contributed by atoms with Gasteiger partial charge in [-0.25, -0.2) is 4.98 Å². The summed E-state index contributed by atoms with van der Waals surface area (Å²) in [4.78, 5) is 34.2. The number of carbonyl (C=O) groups is 2. The molecule has 6 nitrogen and oxygen atoms in total. The monoisotopic (exact) mass is 422 g/mol. The van der Waals surface area contributed by atoms with Gasteiger partial charge in [-0.1, -0.05) is 41.7 Å². The van der Waals surface area contributed by atoms with Crippen molar-refractivity contribution in [2.24, 2.45) is 5.92 Å². The number of carbonyl (C=O) groups excluding carboxylic acids is 2. The quantitative estimate of drug-likeness (QED) is 0.652. The number of hydrogen-bond acceptors (Lipinski definition) is 5. The summed E-state index contributed by atoms with van der Waals surface area (Å²) in [5, 5.41) is 3.73. The van der Waals surface area contributed by atoms with Crippen molar-refractivity contribution in [1.29, 1.82) is 0 Å². The highest BCUT2D eigenvalue weighted by Crippen LogP contribution is 2.29. The molecule has 2 amide bonds. The van der Waals surface area contributed by atoms with Crippen LogP contribution in [0.4, 0.5) is 10.8 Å². The predicted octanol–water partition coefficient (Wildman–Crippen LogP) is 4.00. The fraction of sp³-hybridized carbons (Fsp3) is 0.348. The minimum Gasteiger partial charge on any atom is -0.326 e. The van der Waals surface area contributed by atoms with E-state index in [1.54, 1.807) is 4.90 Å². The zero-order valence-electron chi connectivity index (χ0n) is 17.1. The van der Waals surface area contributed by atoms with Crippen molar-refractivity contribution in [3.8, 4) is 0 Å². The topological polar surface area (TPSA) is 65.5 Å². The number of thiazole rings is 1. The van der Waals surface area contributed by atoms with Crippen LogP contribution in [0.5, 0.6) is 0 Å². The average Bonchev–Trinajstić information content (AvgIpc) is 3.19. The molecule has 1 N–H and O–H groups in total. The van der Waals surface area contributed by atoms with Gasteiger partial charge in [0.15, 0.2) is 5.13 Å². The van der Waals surface area contributed by atoms with Crippen molar-refractivity contribution in [1.82, 2.24) is 9.88 Å². The number of fused-ring (bicyclic) bond motifs is 1. The molecule has 4 rings (SSSR count). The van der Waals surface area contributed by atoms with E-state index in [2.05, 4.69) is 15.2 Å². The molecular weight excluding hydrogens is 396 g/mol. The third-order valence-corrected chi connectivity index (χ3v) is 6.47. The summed E-state index contributed by atoms with van der Waals surface area (Å²) >= 11 is 1.54. The van der Waals surface area contributed by atoms with Crippen LogP contribution in [0.3, 0.4) is 0 Å². The van der Waals surface area contributed by atoms with Crippen molar-refractivity contribution in [3.63, 3.8) is 0 Å². The van der Waals surface area contributed by atoms with Crippen molar-refractivity contribution in [3.05, 3.63) is 54.6 Å². The van der Waals surface area contributed by atoms with E-state index in [4.69, 9.17) is 0 Å². The van der Waals surface area contributed by atoms with Crippen LogP contribution in [0.15, 0.2) is 54.6 Å². The number of piperidine rings is 1. The zero-order chi connectivity index (χ0) is 20.9. The number of likely N-dealkylation sites (tertiary alicyclic amines) is 1. The van der Waals surface area contributed by atoms with Gasteiger partial charge in [0, 0.05) is 18.8 Å². The van der Waals surface area contributed by atoms with Crippen LogP contribution in [-0.4, -0.2) is 47.9 Å². The Labute approximate surface area is 180 Å².